The van der Waals surface area contributed by atoms with E-state index in [-0.39, 0.29) is 0 Å². The molecule has 0 fully saturated rings. The largest absolute Gasteiger partial charge is 0.332 e. The minimum Gasteiger partial charge on any atom is -0.332 e. The van der Waals surface area contributed by atoms with E-state index in [0.717, 1.165) is 17.9 Å². The lowest BCUT2D eigenvalue weighted by atomic mass is 10.1. The molecule has 0 amide bonds. The molecule has 1 aromatic heterocycles. The van der Waals surface area contributed by atoms with Crippen LogP contribution in [0.2, 0.25) is 0 Å². The van der Waals surface area contributed by atoms with Gasteiger partial charge in [-0.15, -0.1) is 0 Å². The Morgan fingerprint density at radius 1 is 1.04 bits per heavy atom. The molecule has 0 spiro atoms. The Balaban J connectivity index is 1.62. The Bertz CT molecular complexity index is 840. The van der Waals surface area contributed by atoms with Gasteiger partial charge in [0.25, 0.3) is 0 Å². The molecule has 0 saturated heterocycles. The Hall–Kier alpha value is -2.66. The molecule has 0 aliphatic carbocycles. The van der Waals surface area contributed by atoms with Crippen molar-refractivity contribution in [2.75, 3.05) is 10.6 Å². The van der Waals surface area contributed by atoms with Crippen molar-refractivity contribution in [3.05, 3.63) is 77.6 Å². The summed E-state index contributed by atoms with van der Waals surface area (Å²) in [7, 11) is 0. The average molecular weight is 336 g/mol. The highest BCUT2D eigenvalue weighted by Gasteiger charge is 2.05. The molecule has 3 aromatic rings. The van der Waals surface area contributed by atoms with Gasteiger partial charge in [-0.1, -0.05) is 42.5 Å². The zero-order valence-corrected chi connectivity index (χ0v) is 14.6. The third kappa shape index (κ3) is 4.00. The van der Waals surface area contributed by atoms with E-state index in [2.05, 4.69) is 47.8 Å². The van der Waals surface area contributed by atoms with Crippen molar-refractivity contribution in [2.45, 2.75) is 20.4 Å². The third-order valence-electron chi connectivity index (χ3n) is 3.93. The number of hydrogen-bond acceptors (Lipinski definition) is 2. The maximum absolute atomic E-state index is 5.40. The fourth-order valence-corrected chi connectivity index (χ4v) is 2.68. The van der Waals surface area contributed by atoms with Crippen molar-refractivity contribution in [1.82, 2.24) is 9.78 Å². The molecule has 0 aliphatic heterocycles. The monoisotopic (exact) mass is 336 g/mol. The van der Waals surface area contributed by atoms with E-state index in [4.69, 9.17) is 12.2 Å². The van der Waals surface area contributed by atoms with E-state index in [1.165, 1.54) is 16.7 Å². The van der Waals surface area contributed by atoms with E-state index in [1.54, 1.807) is 6.20 Å². The molecule has 4 nitrogen and oxygen atoms in total. The zero-order valence-electron chi connectivity index (χ0n) is 13.8. The van der Waals surface area contributed by atoms with E-state index in [0.29, 0.717) is 5.11 Å². The molecular weight excluding hydrogens is 316 g/mol. The summed E-state index contributed by atoms with van der Waals surface area (Å²) in [6.45, 7) is 4.91. The molecule has 24 heavy (non-hydrogen) atoms. The second-order valence-corrected chi connectivity index (χ2v) is 6.15. The summed E-state index contributed by atoms with van der Waals surface area (Å²) in [5.41, 5.74) is 5.53. The van der Waals surface area contributed by atoms with Gasteiger partial charge in [0.2, 0.25) is 0 Å². The Labute approximate surface area is 147 Å². The lowest BCUT2D eigenvalue weighted by molar-refractivity contribution is 0.687. The summed E-state index contributed by atoms with van der Waals surface area (Å²) >= 11 is 5.40. The van der Waals surface area contributed by atoms with Gasteiger partial charge in [0.15, 0.2) is 5.11 Å². The highest BCUT2D eigenvalue weighted by Crippen LogP contribution is 2.18. The Morgan fingerprint density at radius 3 is 2.62 bits per heavy atom. The second kappa shape index (κ2) is 7.27. The molecule has 5 heteroatoms. The summed E-state index contributed by atoms with van der Waals surface area (Å²) in [6.07, 6.45) is 3.73. The van der Waals surface area contributed by atoms with E-state index in [9.17, 15) is 0 Å². The quantitative estimate of drug-likeness (QED) is 0.695. The Morgan fingerprint density at radius 2 is 1.83 bits per heavy atom. The van der Waals surface area contributed by atoms with Crippen molar-refractivity contribution >= 4 is 28.7 Å². The standard InChI is InChI=1S/C19H20N4S/c1-14-7-6-10-18(15(14)2)22-19(24)21-17-11-20-23(13-17)12-16-8-4-3-5-9-16/h3-11,13H,12H2,1-2H3,(H2,21,22,24). The van der Waals surface area contributed by atoms with Gasteiger partial charge in [-0.25, -0.2) is 0 Å². The maximum atomic E-state index is 5.40. The number of nitrogens with zero attached hydrogens (tertiary/aromatic N) is 2. The molecule has 0 bridgehead atoms. The van der Waals surface area contributed by atoms with Gasteiger partial charge in [-0.3, -0.25) is 4.68 Å². The van der Waals surface area contributed by atoms with Gasteiger partial charge < -0.3 is 10.6 Å². The maximum Gasteiger partial charge on any atom is 0.175 e. The minimum atomic E-state index is 0.558. The van der Waals surface area contributed by atoms with Gasteiger partial charge in [0, 0.05) is 11.9 Å². The fraction of sp³-hybridized carbons (Fsp3) is 0.158. The van der Waals surface area contributed by atoms with Gasteiger partial charge in [-0.05, 0) is 48.8 Å². The van der Waals surface area contributed by atoms with Crippen LogP contribution in [0.5, 0.6) is 0 Å². The molecule has 2 N–H and O–H groups in total. The molecule has 122 valence electrons. The molecule has 0 aliphatic rings. The molecule has 0 atom stereocenters. The van der Waals surface area contributed by atoms with E-state index < -0.39 is 0 Å². The third-order valence-corrected chi connectivity index (χ3v) is 4.14. The summed E-state index contributed by atoms with van der Waals surface area (Å²) in [4.78, 5) is 0. The van der Waals surface area contributed by atoms with Crippen LogP contribution in [0, 0.1) is 13.8 Å². The minimum absolute atomic E-state index is 0.558. The number of nitrogens with one attached hydrogen (secondary N) is 2. The van der Waals surface area contributed by atoms with Crippen LogP contribution >= 0.6 is 12.2 Å². The van der Waals surface area contributed by atoms with Crippen LogP contribution < -0.4 is 10.6 Å². The van der Waals surface area contributed by atoms with Crippen molar-refractivity contribution in [3.63, 3.8) is 0 Å². The van der Waals surface area contributed by atoms with Gasteiger partial charge in [-0.2, -0.15) is 5.10 Å². The van der Waals surface area contributed by atoms with E-state index in [1.807, 2.05) is 41.2 Å². The van der Waals surface area contributed by atoms with Crippen molar-refractivity contribution in [1.29, 1.82) is 0 Å². The topological polar surface area (TPSA) is 41.9 Å². The lowest BCUT2D eigenvalue weighted by Crippen LogP contribution is -2.19. The summed E-state index contributed by atoms with van der Waals surface area (Å²) in [5.74, 6) is 0. The summed E-state index contributed by atoms with van der Waals surface area (Å²) < 4.78 is 1.89. The predicted octanol–water partition coefficient (Wildman–Crippen LogP) is 4.36. The summed E-state index contributed by atoms with van der Waals surface area (Å²) in [6, 6.07) is 16.4. The summed E-state index contributed by atoms with van der Waals surface area (Å²) in [5, 5.41) is 11.4. The highest BCUT2D eigenvalue weighted by molar-refractivity contribution is 7.80. The van der Waals surface area contributed by atoms with Crippen molar-refractivity contribution < 1.29 is 0 Å². The molecule has 2 aromatic carbocycles. The number of thiocarbonyl (C=S) groups is 1. The number of aromatic nitrogens is 2. The Kier molecular flexibility index (Phi) is 4.91. The van der Waals surface area contributed by atoms with Crippen LogP contribution in [0.15, 0.2) is 60.9 Å². The predicted molar refractivity (Wildman–Crippen MR) is 104 cm³/mol. The van der Waals surface area contributed by atoms with Crippen molar-refractivity contribution in [3.8, 4) is 0 Å². The molecule has 0 saturated carbocycles. The molecule has 0 unspecified atom stereocenters. The second-order valence-electron chi connectivity index (χ2n) is 5.74. The van der Waals surface area contributed by atoms with Gasteiger partial charge in [0.05, 0.1) is 18.4 Å². The number of rotatable bonds is 4. The first-order chi connectivity index (χ1) is 11.6. The van der Waals surface area contributed by atoms with Crippen LogP contribution in [0.3, 0.4) is 0 Å². The first-order valence-electron chi connectivity index (χ1n) is 7.82. The number of anilines is 2. The van der Waals surface area contributed by atoms with Gasteiger partial charge >= 0.3 is 0 Å². The lowest BCUT2D eigenvalue weighted by Gasteiger charge is -2.12. The average Bonchev–Trinajstić information content (AvgIpc) is 2.99. The van der Waals surface area contributed by atoms with Gasteiger partial charge in [0.1, 0.15) is 0 Å². The van der Waals surface area contributed by atoms with Crippen molar-refractivity contribution in [2.24, 2.45) is 0 Å². The SMILES string of the molecule is Cc1cccc(NC(=S)Nc2cnn(Cc3ccccc3)c2)c1C. The zero-order chi connectivity index (χ0) is 16.9. The molecule has 1 heterocycles. The smallest absolute Gasteiger partial charge is 0.175 e. The van der Waals surface area contributed by atoms with Crippen LogP contribution in [0.1, 0.15) is 16.7 Å². The van der Waals surface area contributed by atoms with Crippen LogP contribution in [0.25, 0.3) is 0 Å². The number of aryl methyl sites for hydroxylation is 1. The number of benzene rings is 2. The number of hydrogen-bond donors (Lipinski definition) is 2. The first-order valence-corrected chi connectivity index (χ1v) is 8.23. The normalized spacial score (nSPS) is 10.4. The first kappa shape index (κ1) is 16.2. The van der Waals surface area contributed by atoms with Crippen LogP contribution in [-0.4, -0.2) is 14.9 Å². The highest BCUT2D eigenvalue weighted by atomic mass is 32.1. The van der Waals surface area contributed by atoms with Crippen LogP contribution in [0.4, 0.5) is 11.4 Å². The van der Waals surface area contributed by atoms with E-state index >= 15 is 0 Å². The molecular formula is C19H20N4S. The fourth-order valence-electron chi connectivity index (χ4n) is 2.46. The molecule has 0 radical (unpaired) electrons. The van der Waals surface area contributed by atoms with Crippen LogP contribution in [-0.2, 0) is 6.54 Å². The molecule has 3 rings (SSSR count).